The average Bonchev–Trinajstić information content (AvgIpc) is 2.64. The van der Waals surface area contributed by atoms with Crippen LogP contribution in [0.2, 0.25) is 0 Å². The van der Waals surface area contributed by atoms with Gasteiger partial charge in [-0.15, -0.1) is 0 Å². The summed E-state index contributed by atoms with van der Waals surface area (Å²) in [5.41, 5.74) is 4.23. The van der Waals surface area contributed by atoms with Crippen LogP contribution in [0.3, 0.4) is 0 Å². The molecule has 0 bridgehead atoms. The maximum atomic E-state index is 3.09. The molecule has 1 aliphatic rings. The van der Waals surface area contributed by atoms with E-state index >= 15 is 0 Å². The van der Waals surface area contributed by atoms with Crippen molar-refractivity contribution >= 4 is 10.8 Å². The zero-order valence-electron chi connectivity index (χ0n) is 17.3. The van der Waals surface area contributed by atoms with Crippen LogP contribution < -0.4 is 0 Å². The number of benzene rings is 3. The summed E-state index contributed by atoms with van der Waals surface area (Å²) in [5, 5.41) is 2.73. The Morgan fingerprint density at radius 1 is 0.750 bits per heavy atom. The van der Waals surface area contributed by atoms with Gasteiger partial charge in [-0.05, 0) is 40.7 Å². The first-order valence-electron chi connectivity index (χ1n) is 9.15. The van der Waals surface area contributed by atoms with E-state index in [-0.39, 0.29) is 80.3 Å². The Hall–Kier alpha value is 0.128. The summed E-state index contributed by atoms with van der Waals surface area (Å²) >= 11 is 0. The summed E-state index contributed by atoms with van der Waals surface area (Å²) in [7, 11) is 0. The molecule has 2 heteroatoms. The fraction of sp³-hybridized carbons (Fsp3) is 0.269. The van der Waals surface area contributed by atoms with Gasteiger partial charge in [-0.3, -0.25) is 0 Å². The van der Waals surface area contributed by atoms with Gasteiger partial charge >= 0.3 is 0 Å². The van der Waals surface area contributed by atoms with Crippen molar-refractivity contribution in [1.29, 1.82) is 0 Å². The molecule has 0 nitrogen and oxygen atoms in total. The Labute approximate surface area is 223 Å². The van der Waals surface area contributed by atoms with Crippen molar-refractivity contribution in [3.63, 3.8) is 0 Å². The molecule has 28 heavy (non-hydrogen) atoms. The Morgan fingerprint density at radius 2 is 1.32 bits per heavy atom. The van der Waals surface area contributed by atoms with E-state index in [9.17, 15) is 0 Å². The second-order valence-electron chi connectivity index (χ2n) is 7.11. The van der Waals surface area contributed by atoms with Crippen molar-refractivity contribution in [1.82, 2.24) is 0 Å². The molecule has 1 saturated carbocycles. The first-order valence-corrected chi connectivity index (χ1v) is 9.15. The van der Waals surface area contributed by atoms with Crippen LogP contribution in [0.4, 0.5) is 0 Å². The summed E-state index contributed by atoms with van der Waals surface area (Å²) in [6.07, 6.45) is 10.0. The van der Waals surface area contributed by atoms with E-state index in [1.54, 1.807) is 0 Å². The van der Waals surface area contributed by atoms with E-state index in [0.29, 0.717) is 0 Å². The van der Waals surface area contributed by atoms with Gasteiger partial charge in [0.1, 0.15) is 0 Å². The first-order chi connectivity index (χ1) is 11.9. The predicted octanol–water partition coefficient (Wildman–Crippen LogP) is 7.06. The molecule has 0 amide bonds. The molecule has 3 aromatic carbocycles. The van der Waals surface area contributed by atoms with Crippen LogP contribution in [0, 0.1) is 33.3 Å². The third kappa shape index (κ3) is 7.75. The summed E-state index contributed by atoms with van der Waals surface area (Å²) < 4.78 is 0. The van der Waals surface area contributed by atoms with E-state index in [1.807, 2.05) is 12.1 Å². The van der Waals surface area contributed by atoms with Crippen molar-refractivity contribution in [3.05, 3.63) is 105 Å². The van der Waals surface area contributed by atoms with Crippen LogP contribution in [0.15, 0.2) is 60.7 Å². The third-order valence-electron chi connectivity index (χ3n) is 5.25. The molecule has 1 fully saturated rings. The van der Waals surface area contributed by atoms with Crippen LogP contribution in [-0.2, 0) is 78.3 Å². The van der Waals surface area contributed by atoms with Gasteiger partial charge in [0.2, 0.25) is 0 Å². The normalized spacial score (nSPS) is 13.4. The molecule has 144 valence electrons. The molecule has 4 rings (SSSR count). The van der Waals surface area contributed by atoms with Crippen molar-refractivity contribution in [3.8, 4) is 0 Å². The minimum atomic E-state index is 0. The maximum Gasteiger partial charge on any atom is 0 e. The van der Waals surface area contributed by atoms with Crippen LogP contribution in [-0.4, -0.2) is 0 Å². The molecular weight excluding hydrogens is 490 g/mol. The predicted molar refractivity (Wildman–Crippen MR) is 115 cm³/mol. The molecule has 2 radical (unpaired) electrons. The fourth-order valence-electron chi connectivity index (χ4n) is 3.89. The van der Waals surface area contributed by atoms with Crippen LogP contribution >= 0.6 is 0 Å². The Bertz CT molecular complexity index is 805. The molecule has 1 aliphatic carbocycles. The molecule has 0 aliphatic heterocycles. The first kappa shape index (κ1) is 28.1. The molecule has 0 saturated heterocycles. The largest absolute Gasteiger partial charge is 0.358 e. The Kier molecular flexibility index (Phi) is 14.3. The minimum absolute atomic E-state index is 0. The van der Waals surface area contributed by atoms with E-state index in [2.05, 4.69) is 61.0 Å². The Balaban J connectivity index is 0.00000182. The molecule has 0 spiro atoms. The van der Waals surface area contributed by atoms with Gasteiger partial charge < -0.3 is 21.3 Å². The molecule has 0 aromatic heterocycles. The van der Waals surface area contributed by atoms with Crippen LogP contribution in [0.25, 0.3) is 10.8 Å². The third-order valence-corrected chi connectivity index (χ3v) is 5.25. The average molecular weight is 520 g/mol. The van der Waals surface area contributed by atoms with E-state index < -0.39 is 0 Å². The Morgan fingerprint density at radius 3 is 1.96 bits per heavy atom. The van der Waals surface area contributed by atoms with Crippen LogP contribution in [0.1, 0.15) is 42.4 Å². The van der Waals surface area contributed by atoms with Crippen LogP contribution in [0.5, 0.6) is 0 Å². The van der Waals surface area contributed by atoms with Gasteiger partial charge in [0.25, 0.3) is 0 Å². The van der Waals surface area contributed by atoms with Gasteiger partial charge in [-0.1, -0.05) is 49.2 Å². The quantitative estimate of drug-likeness (QED) is 0.323. The number of rotatable bonds is 4. The van der Waals surface area contributed by atoms with Gasteiger partial charge in [0, 0.05) is 65.4 Å². The van der Waals surface area contributed by atoms with Crippen molar-refractivity contribution in [2.45, 2.75) is 38.5 Å². The van der Waals surface area contributed by atoms with Crippen molar-refractivity contribution in [2.75, 3.05) is 0 Å². The molecule has 0 atom stereocenters. The summed E-state index contributed by atoms with van der Waals surface area (Å²) in [4.78, 5) is 0. The van der Waals surface area contributed by atoms with Crippen molar-refractivity contribution in [2.24, 2.45) is 5.92 Å². The smallest absolute Gasteiger partial charge is 0 e. The second-order valence-corrected chi connectivity index (χ2v) is 7.11. The summed E-state index contributed by atoms with van der Waals surface area (Å²) in [5.74, 6) is 0.876. The van der Waals surface area contributed by atoms with E-state index in [4.69, 9.17) is 0 Å². The van der Waals surface area contributed by atoms with E-state index in [0.717, 1.165) is 12.3 Å². The second kappa shape index (κ2) is 14.2. The standard InChI is InChI=1S/C24H24.2CH3.2Y/c1-3-7-19(8-4-1)15-21-11-13-24-18-22(12-14-23(24)17-21)16-20-9-5-2-6-10-20;;;;/h1,5-6,9-14,17-19H,3-4,7-8,15-16H2;2*1H3;;/q-2;2*-1;;. The zero-order valence-corrected chi connectivity index (χ0v) is 23.0. The number of fused-ring (bicyclic) bond motifs is 1. The SMILES string of the molecule is [CH3-].[CH3-].[Y].[Y].[c-]1ccc(Cc2ccc3cc(CC4CC[CH-]CC4)ccc3c2)cc1. The molecule has 0 unspecified atom stereocenters. The maximum absolute atomic E-state index is 3.09. The molecule has 3 aromatic rings. The van der Waals surface area contributed by atoms with Gasteiger partial charge in [-0.2, -0.15) is 48.7 Å². The number of hydrogen-bond acceptors (Lipinski definition) is 0. The van der Waals surface area contributed by atoms with Gasteiger partial charge in [0.15, 0.2) is 0 Å². The van der Waals surface area contributed by atoms with E-state index in [1.165, 1.54) is 59.6 Å². The van der Waals surface area contributed by atoms with Gasteiger partial charge in [-0.25, -0.2) is 0 Å². The molecule has 0 heterocycles. The van der Waals surface area contributed by atoms with Gasteiger partial charge in [0.05, 0.1) is 0 Å². The fourth-order valence-corrected chi connectivity index (χ4v) is 3.89. The molecular formula is C26H30Y2-4. The summed E-state index contributed by atoms with van der Waals surface area (Å²) in [6, 6.07) is 25.3. The zero-order chi connectivity index (χ0) is 16.2. The topological polar surface area (TPSA) is 0 Å². The summed E-state index contributed by atoms with van der Waals surface area (Å²) in [6.45, 7) is 0. The molecule has 0 N–H and O–H groups in total. The minimum Gasteiger partial charge on any atom is -0.358 e. The number of hydrogen-bond donors (Lipinski definition) is 0. The van der Waals surface area contributed by atoms with Crippen molar-refractivity contribution < 1.29 is 65.4 Å². The monoisotopic (exact) mass is 520 g/mol.